The molecule has 0 amide bonds. The quantitative estimate of drug-likeness (QED) is 0.708. The Morgan fingerprint density at radius 2 is 1.94 bits per heavy atom. The van der Waals surface area contributed by atoms with Crippen molar-refractivity contribution in [3.8, 4) is 0 Å². The molecule has 0 saturated heterocycles. The Balaban J connectivity index is 2.86. The monoisotopic (exact) mass is 242 g/mol. The molecule has 0 radical (unpaired) electrons. The fourth-order valence-electron chi connectivity index (χ4n) is 1.73. The lowest BCUT2D eigenvalue weighted by atomic mass is 10.1. The summed E-state index contributed by atoms with van der Waals surface area (Å²) in [5, 5.41) is -0.0756. The number of ketones is 1. The van der Waals surface area contributed by atoms with Crippen molar-refractivity contribution in [2.24, 2.45) is 0 Å². The average molecular weight is 242 g/mol. The third-order valence-corrected chi connectivity index (χ3v) is 2.45. The summed E-state index contributed by atoms with van der Waals surface area (Å²) in [6.45, 7) is 2.79. The minimum atomic E-state index is -4.60. The lowest BCUT2D eigenvalue weighted by Gasteiger charge is -2.05. The van der Waals surface area contributed by atoms with Crippen LogP contribution in [0.15, 0.2) is 22.6 Å². The van der Waals surface area contributed by atoms with Crippen molar-refractivity contribution in [1.82, 2.24) is 0 Å². The van der Waals surface area contributed by atoms with E-state index < -0.39 is 23.3 Å². The van der Waals surface area contributed by atoms with Crippen LogP contribution in [0.5, 0.6) is 0 Å². The molecule has 17 heavy (non-hydrogen) atoms. The van der Waals surface area contributed by atoms with Gasteiger partial charge in [0.05, 0.1) is 0 Å². The highest BCUT2D eigenvalue weighted by Crippen LogP contribution is 2.39. The molecule has 1 aromatic carbocycles. The predicted octanol–water partition coefficient (Wildman–Crippen LogP) is 3.96. The number of alkyl halides is 3. The van der Waals surface area contributed by atoms with E-state index in [1.54, 1.807) is 13.0 Å². The number of carbonyl (C=O) groups excluding carboxylic acids is 1. The van der Waals surface area contributed by atoms with Gasteiger partial charge in [0.1, 0.15) is 11.1 Å². The maximum atomic E-state index is 12.9. The van der Waals surface area contributed by atoms with Gasteiger partial charge in [-0.15, -0.1) is 0 Å². The molecule has 0 bridgehead atoms. The van der Waals surface area contributed by atoms with Crippen LogP contribution in [-0.4, -0.2) is 5.78 Å². The van der Waals surface area contributed by atoms with E-state index in [1.165, 1.54) is 12.1 Å². The zero-order valence-corrected chi connectivity index (χ0v) is 9.18. The molecule has 5 heteroatoms. The summed E-state index contributed by atoms with van der Waals surface area (Å²) in [5.41, 5.74) is -0.127. The zero-order chi connectivity index (χ0) is 12.8. The normalized spacial score (nSPS) is 12.1. The first-order valence-electron chi connectivity index (χ1n) is 4.92. The van der Waals surface area contributed by atoms with Gasteiger partial charge in [-0.1, -0.05) is 12.1 Å². The molecule has 0 unspecified atom stereocenters. The highest BCUT2D eigenvalue weighted by atomic mass is 19.4. The zero-order valence-electron chi connectivity index (χ0n) is 9.18. The van der Waals surface area contributed by atoms with E-state index in [4.69, 9.17) is 4.42 Å². The number of halogens is 3. The number of Topliss-reactive ketones (excluding diaryl/α,β-unsaturated/α-hetero) is 1. The molecule has 2 nitrogen and oxygen atoms in total. The van der Waals surface area contributed by atoms with Gasteiger partial charge >= 0.3 is 6.18 Å². The van der Waals surface area contributed by atoms with Crippen LogP contribution >= 0.6 is 0 Å². The molecule has 2 rings (SSSR count). The van der Waals surface area contributed by atoms with E-state index in [0.29, 0.717) is 0 Å². The first kappa shape index (κ1) is 11.7. The lowest BCUT2D eigenvalue weighted by Crippen LogP contribution is -2.09. The highest BCUT2D eigenvalue weighted by Gasteiger charge is 2.39. The molecule has 0 saturated carbocycles. The Kier molecular flexibility index (Phi) is 2.49. The fraction of sp³-hybridized carbons (Fsp3) is 0.250. The minimum absolute atomic E-state index is 0.0756. The van der Waals surface area contributed by atoms with Crippen molar-refractivity contribution < 1.29 is 22.4 Å². The van der Waals surface area contributed by atoms with E-state index in [0.717, 1.165) is 12.5 Å². The van der Waals surface area contributed by atoms with E-state index in [9.17, 15) is 18.0 Å². The second-order valence-corrected chi connectivity index (χ2v) is 3.86. The molecule has 2 aromatic rings. The van der Waals surface area contributed by atoms with Crippen LogP contribution < -0.4 is 0 Å². The Hall–Kier alpha value is -1.78. The number of hydrogen-bond acceptors (Lipinski definition) is 2. The Morgan fingerprint density at radius 3 is 2.47 bits per heavy atom. The third kappa shape index (κ3) is 1.92. The summed E-state index contributed by atoms with van der Waals surface area (Å²) in [7, 11) is 0. The number of furan rings is 1. The van der Waals surface area contributed by atoms with E-state index >= 15 is 0 Å². The number of benzene rings is 1. The molecule has 0 spiro atoms. The van der Waals surface area contributed by atoms with Gasteiger partial charge in [0.2, 0.25) is 0 Å². The van der Waals surface area contributed by atoms with Gasteiger partial charge in [0.25, 0.3) is 0 Å². The van der Waals surface area contributed by atoms with Crippen molar-refractivity contribution >= 4 is 16.8 Å². The van der Waals surface area contributed by atoms with Gasteiger partial charge in [0, 0.05) is 12.3 Å². The second-order valence-electron chi connectivity index (χ2n) is 3.86. The SMILES string of the molecule is CC(=O)c1oc2cc(C)ccc2c1C(F)(F)F. The van der Waals surface area contributed by atoms with Crippen molar-refractivity contribution in [3.63, 3.8) is 0 Å². The molecule has 90 valence electrons. The highest BCUT2D eigenvalue weighted by molar-refractivity contribution is 5.99. The summed E-state index contributed by atoms with van der Waals surface area (Å²) in [6.07, 6.45) is -4.60. The van der Waals surface area contributed by atoms with Crippen LogP contribution in [0.3, 0.4) is 0 Å². The lowest BCUT2D eigenvalue weighted by molar-refractivity contribution is -0.137. The largest absolute Gasteiger partial charge is 0.452 e. The van der Waals surface area contributed by atoms with E-state index in [1.807, 2.05) is 0 Å². The van der Waals surface area contributed by atoms with Crippen LogP contribution in [0.4, 0.5) is 13.2 Å². The smallest absolute Gasteiger partial charge is 0.420 e. The number of aryl methyl sites for hydroxylation is 1. The van der Waals surface area contributed by atoms with Crippen molar-refractivity contribution in [3.05, 3.63) is 35.1 Å². The van der Waals surface area contributed by atoms with Crippen LogP contribution in [-0.2, 0) is 6.18 Å². The first-order valence-corrected chi connectivity index (χ1v) is 4.92. The summed E-state index contributed by atoms with van der Waals surface area (Å²) >= 11 is 0. The summed E-state index contributed by atoms with van der Waals surface area (Å²) in [5.74, 6) is -1.36. The molecule has 0 aliphatic carbocycles. The van der Waals surface area contributed by atoms with E-state index in [2.05, 4.69) is 0 Å². The number of carbonyl (C=O) groups is 1. The van der Waals surface area contributed by atoms with Gasteiger partial charge in [-0.05, 0) is 18.6 Å². The van der Waals surface area contributed by atoms with Gasteiger partial charge in [-0.3, -0.25) is 4.79 Å². The topological polar surface area (TPSA) is 30.2 Å². The van der Waals surface area contributed by atoms with Crippen LogP contribution in [0.2, 0.25) is 0 Å². The molecule has 1 aromatic heterocycles. The summed E-state index contributed by atoms with van der Waals surface area (Å²) in [4.78, 5) is 11.2. The molecular formula is C12H9F3O2. The molecule has 0 aliphatic heterocycles. The summed E-state index contributed by atoms with van der Waals surface area (Å²) < 4.78 is 43.6. The predicted molar refractivity (Wildman–Crippen MR) is 56.0 cm³/mol. The van der Waals surface area contributed by atoms with Crippen molar-refractivity contribution in [2.45, 2.75) is 20.0 Å². The average Bonchev–Trinajstić information content (AvgIpc) is 2.55. The van der Waals surface area contributed by atoms with Crippen LogP contribution in [0.1, 0.15) is 28.6 Å². The maximum Gasteiger partial charge on any atom is 0.420 e. The molecule has 0 N–H and O–H groups in total. The maximum absolute atomic E-state index is 12.9. The van der Waals surface area contributed by atoms with Gasteiger partial charge in [-0.2, -0.15) is 13.2 Å². The number of rotatable bonds is 1. The van der Waals surface area contributed by atoms with Gasteiger partial charge < -0.3 is 4.42 Å². The van der Waals surface area contributed by atoms with Gasteiger partial charge in [-0.25, -0.2) is 0 Å². The Morgan fingerprint density at radius 1 is 1.29 bits per heavy atom. The minimum Gasteiger partial charge on any atom is -0.452 e. The molecular weight excluding hydrogens is 233 g/mol. The number of fused-ring (bicyclic) bond motifs is 1. The Labute approximate surface area is 95.0 Å². The van der Waals surface area contributed by atoms with Crippen molar-refractivity contribution in [2.75, 3.05) is 0 Å². The van der Waals surface area contributed by atoms with Crippen LogP contribution in [0, 0.1) is 6.92 Å². The van der Waals surface area contributed by atoms with E-state index in [-0.39, 0.29) is 11.0 Å². The molecule has 0 fully saturated rings. The summed E-state index contributed by atoms with van der Waals surface area (Å²) in [6, 6.07) is 4.36. The first-order chi connectivity index (χ1) is 7.80. The standard InChI is InChI=1S/C12H9F3O2/c1-6-3-4-8-9(5-6)17-11(7(2)16)10(8)12(13,14)15/h3-5H,1-2H3. The Bertz CT molecular complexity index is 594. The molecule has 0 atom stereocenters. The molecule has 1 heterocycles. The van der Waals surface area contributed by atoms with Crippen molar-refractivity contribution in [1.29, 1.82) is 0 Å². The van der Waals surface area contributed by atoms with Gasteiger partial charge in [0.15, 0.2) is 11.5 Å². The second kappa shape index (κ2) is 3.61. The molecule has 0 aliphatic rings. The van der Waals surface area contributed by atoms with Crippen LogP contribution in [0.25, 0.3) is 11.0 Å². The third-order valence-electron chi connectivity index (χ3n) is 2.45. The number of hydrogen-bond donors (Lipinski definition) is 0. The fourth-order valence-corrected chi connectivity index (χ4v) is 1.73.